The van der Waals surface area contributed by atoms with Crippen LogP contribution in [0.3, 0.4) is 0 Å². The summed E-state index contributed by atoms with van der Waals surface area (Å²) in [6, 6.07) is 4.13. The van der Waals surface area contributed by atoms with Crippen LogP contribution in [0.15, 0.2) is 30.2 Å². The van der Waals surface area contributed by atoms with Crippen LogP contribution >= 0.6 is 0 Å². The summed E-state index contributed by atoms with van der Waals surface area (Å²) in [4.78, 5) is 14.0. The Morgan fingerprint density at radius 1 is 1.38 bits per heavy atom. The predicted molar refractivity (Wildman–Crippen MR) is 92.2 cm³/mol. The summed E-state index contributed by atoms with van der Waals surface area (Å²) in [5.74, 6) is 0.856. The maximum Gasteiger partial charge on any atom is 0.381 e. The van der Waals surface area contributed by atoms with Crippen LogP contribution in [-0.4, -0.2) is 21.6 Å². The van der Waals surface area contributed by atoms with Gasteiger partial charge >= 0.3 is 5.82 Å². The lowest BCUT2D eigenvalue weighted by Gasteiger charge is -2.21. The molecule has 0 saturated carbocycles. The van der Waals surface area contributed by atoms with Crippen LogP contribution in [0.25, 0.3) is 6.08 Å². The van der Waals surface area contributed by atoms with Gasteiger partial charge in [0.05, 0.1) is 7.11 Å². The molecule has 1 heterocycles. The summed E-state index contributed by atoms with van der Waals surface area (Å²) in [6.45, 7) is 2.62. The monoisotopic (exact) mass is 327 g/mol. The molecular formula is C18H21N3O3. The molecule has 126 valence electrons. The van der Waals surface area contributed by atoms with E-state index in [1.165, 1.54) is 42.1 Å². The van der Waals surface area contributed by atoms with E-state index in [0.29, 0.717) is 6.54 Å². The maximum atomic E-state index is 10.7. The zero-order chi connectivity index (χ0) is 17.1. The third-order valence-corrected chi connectivity index (χ3v) is 4.39. The Bertz CT molecular complexity index is 793. The van der Waals surface area contributed by atoms with Crippen LogP contribution < -0.4 is 4.74 Å². The van der Waals surface area contributed by atoms with Gasteiger partial charge in [-0.25, -0.2) is 0 Å². The molecule has 0 spiro atoms. The number of benzene rings is 1. The molecule has 3 rings (SSSR count). The fraction of sp³-hybridized carbons (Fsp3) is 0.389. The van der Waals surface area contributed by atoms with Crippen LogP contribution in [0, 0.1) is 10.1 Å². The van der Waals surface area contributed by atoms with Gasteiger partial charge < -0.3 is 19.4 Å². The topological polar surface area (TPSA) is 70.2 Å². The number of aromatic nitrogens is 2. The molecule has 0 bridgehead atoms. The minimum absolute atomic E-state index is 0.121. The van der Waals surface area contributed by atoms with E-state index in [0.717, 1.165) is 24.2 Å². The lowest BCUT2D eigenvalue weighted by Crippen LogP contribution is -2.07. The SMILES string of the molecule is COc1ccc(/C=C(\C)Cn2cnc([N+](=O)[O-])c2)c2c1CCCC2. The average Bonchev–Trinajstić information content (AvgIpc) is 3.04. The summed E-state index contributed by atoms with van der Waals surface area (Å²) < 4.78 is 7.23. The molecule has 6 nitrogen and oxygen atoms in total. The number of rotatable bonds is 5. The standard InChI is InChI=1S/C18H21N3O3/c1-13(10-20-11-18(19-12-20)21(22)23)9-14-7-8-17(24-2)16-6-4-3-5-15(14)16/h7-9,11-12H,3-6,10H2,1-2H3/b13-9+. The number of methoxy groups -OCH3 is 1. The van der Waals surface area contributed by atoms with E-state index in [1.54, 1.807) is 11.7 Å². The molecule has 0 amide bonds. The number of allylic oxidation sites excluding steroid dienone is 1. The van der Waals surface area contributed by atoms with Crippen molar-refractivity contribution < 1.29 is 9.66 Å². The zero-order valence-electron chi connectivity index (χ0n) is 14.0. The molecule has 1 aromatic heterocycles. The van der Waals surface area contributed by atoms with Gasteiger partial charge in [-0.1, -0.05) is 17.7 Å². The van der Waals surface area contributed by atoms with Crippen molar-refractivity contribution in [1.29, 1.82) is 0 Å². The van der Waals surface area contributed by atoms with E-state index in [4.69, 9.17) is 4.74 Å². The molecule has 0 N–H and O–H groups in total. The highest BCUT2D eigenvalue weighted by Gasteiger charge is 2.17. The highest BCUT2D eigenvalue weighted by Crippen LogP contribution is 2.33. The molecule has 6 heteroatoms. The van der Waals surface area contributed by atoms with Crippen molar-refractivity contribution in [3.05, 3.63) is 57.0 Å². The average molecular weight is 327 g/mol. The van der Waals surface area contributed by atoms with Crippen molar-refractivity contribution in [2.75, 3.05) is 7.11 Å². The van der Waals surface area contributed by atoms with E-state index >= 15 is 0 Å². The molecule has 0 unspecified atom stereocenters. The lowest BCUT2D eigenvalue weighted by atomic mass is 9.87. The van der Waals surface area contributed by atoms with E-state index < -0.39 is 4.92 Å². The van der Waals surface area contributed by atoms with Crippen LogP contribution in [0.5, 0.6) is 5.75 Å². The molecule has 24 heavy (non-hydrogen) atoms. The molecule has 0 radical (unpaired) electrons. The van der Waals surface area contributed by atoms with E-state index in [9.17, 15) is 10.1 Å². The minimum atomic E-state index is -0.477. The van der Waals surface area contributed by atoms with E-state index in [-0.39, 0.29) is 5.82 Å². The Labute approximate surface area is 140 Å². The van der Waals surface area contributed by atoms with Gasteiger partial charge in [-0.15, -0.1) is 0 Å². The first-order chi connectivity index (χ1) is 11.6. The second-order valence-electron chi connectivity index (χ2n) is 6.17. The number of ether oxygens (including phenoxy) is 1. The van der Waals surface area contributed by atoms with Crippen molar-refractivity contribution >= 4 is 11.9 Å². The third kappa shape index (κ3) is 3.32. The highest BCUT2D eigenvalue weighted by molar-refractivity contribution is 5.61. The van der Waals surface area contributed by atoms with Crippen molar-refractivity contribution in [2.45, 2.75) is 39.2 Å². The summed E-state index contributed by atoms with van der Waals surface area (Å²) >= 11 is 0. The van der Waals surface area contributed by atoms with Gasteiger partial charge in [-0.3, -0.25) is 0 Å². The van der Waals surface area contributed by atoms with Crippen LogP contribution in [0.2, 0.25) is 0 Å². The smallest absolute Gasteiger partial charge is 0.381 e. The molecule has 0 saturated heterocycles. The lowest BCUT2D eigenvalue weighted by molar-refractivity contribution is -0.389. The fourth-order valence-corrected chi connectivity index (χ4v) is 3.32. The Kier molecular flexibility index (Phi) is 4.64. The van der Waals surface area contributed by atoms with Gasteiger partial charge in [0.25, 0.3) is 0 Å². The quantitative estimate of drug-likeness (QED) is 0.619. The summed E-state index contributed by atoms with van der Waals surface area (Å²) in [5, 5.41) is 10.7. The predicted octanol–water partition coefficient (Wildman–Crippen LogP) is 3.78. The number of nitrogens with zero attached hydrogens (tertiary/aromatic N) is 3. The van der Waals surface area contributed by atoms with Crippen LogP contribution in [0.4, 0.5) is 5.82 Å². The van der Waals surface area contributed by atoms with Crippen LogP contribution in [0.1, 0.15) is 36.5 Å². The van der Waals surface area contributed by atoms with Crippen molar-refractivity contribution in [1.82, 2.24) is 9.55 Å². The molecule has 0 fully saturated rings. The molecule has 1 aliphatic carbocycles. The minimum Gasteiger partial charge on any atom is -0.496 e. The first-order valence-corrected chi connectivity index (χ1v) is 8.10. The van der Waals surface area contributed by atoms with E-state index in [1.807, 2.05) is 13.0 Å². The third-order valence-electron chi connectivity index (χ3n) is 4.39. The molecular weight excluding hydrogens is 306 g/mol. The second-order valence-corrected chi connectivity index (χ2v) is 6.17. The van der Waals surface area contributed by atoms with Gasteiger partial charge in [-0.05, 0) is 65.3 Å². The largest absolute Gasteiger partial charge is 0.496 e. The highest BCUT2D eigenvalue weighted by atomic mass is 16.6. The first kappa shape index (κ1) is 16.2. The normalized spacial score (nSPS) is 14.3. The van der Waals surface area contributed by atoms with Gasteiger partial charge in [0.15, 0.2) is 0 Å². The van der Waals surface area contributed by atoms with Gasteiger partial charge in [0.2, 0.25) is 6.33 Å². The Balaban J connectivity index is 1.85. The molecule has 1 aliphatic rings. The zero-order valence-corrected chi connectivity index (χ0v) is 14.0. The second kappa shape index (κ2) is 6.86. The first-order valence-electron chi connectivity index (χ1n) is 8.10. The van der Waals surface area contributed by atoms with Gasteiger partial charge in [-0.2, -0.15) is 0 Å². The number of hydrogen-bond donors (Lipinski definition) is 0. The Hall–Kier alpha value is -2.63. The maximum absolute atomic E-state index is 10.7. The number of hydrogen-bond acceptors (Lipinski definition) is 4. The Morgan fingerprint density at radius 3 is 2.79 bits per heavy atom. The number of fused-ring (bicyclic) bond motifs is 1. The van der Waals surface area contributed by atoms with Gasteiger partial charge in [0.1, 0.15) is 11.9 Å². The van der Waals surface area contributed by atoms with Crippen molar-refractivity contribution in [2.24, 2.45) is 0 Å². The number of nitro groups is 1. The summed E-state index contributed by atoms with van der Waals surface area (Å²) in [6.07, 6.45) is 9.66. The molecule has 0 atom stereocenters. The van der Waals surface area contributed by atoms with Crippen molar-refractivity contribution in [3.8, 4) is 5.75 Å². The number of imidazole rings is 1. The molecule has 1 aromatic carbocycles. The van der Waals surface area contributed by atoms with Gasteiger partial charge in [0, 0.05) is 6.54 Å². The van der Waals surface area contributed by atoms with Crippen molar-refractivity contribution in [3.63, 3.8) is 0 Å². The molecule has 0 aliphatic heterocycles. The summed E-state index contributed by atoms with van der Waals surface area (Å²) in [5.41, 5.74) is 5.04. The molecule has 2 aromatic rings. The van der Waals surface area contributed by atoms with E-state index in [2.05, 4.69) is 17.1 Å². The summed E-state index contributed by atoms with van der Waals surface area (Å²) in [7, 11) is 1.72. The fourth-order valence-electron chi connectivity index (χ4n) is 3.32. The Morgan fingerprint density at radius 2 is 2.12 bits per heavy atom. The van der Waals surface area contributed by atoms with Crippen LogP contribution in [-0.2, 0) is 19.4 Å².